The van der Waals surface area contributed by atoms with Crippen LogP contribution in [0.1, 0.15) is 18.5 Å². The van der Waals surface area contributed by atoms with E-state index in [9.17, 15) is 4.79 Å². The van der Waals surface area contributed by atoms with Gasteiger partial charge in [0.2, 0.25) is 0 Å². The van der Waals surface area contributed by atoms with Crippen LogP contribution in [-0.4, -0.2) is 24.4 Å². The van der Waals surface area contributed by atoms with Gasteiger partial charge in [0, 0.05) is 12.6 Å². The minimum atomic E-state index is -0.765. The van der Waals surface area contributed by atoms with E-state index >= 15 is 0 Å². The quantitative estimate of drug-likeness (QED) is 0.655. The molecule has 0 aliphatic rings. The van der Waals surface area contributed by atoms with Gasteiger partial charge >= 0.3 is 6.09 Å². The van der Waals surface area contributed by atoms with Crippen LogP contribution in [0.5, 0.6) is 5.75 Å². The number of rotatable bonds is 5. The zero-order valence-electron chi connectivity index (χ0n) is 9.14. The molecule has 4 N–H and O–H groups in total. The van der Waals surface area contributed by atoms with Crippen molar-refractivity contribution in [1.29, 1.82) is 0 Å². The Kier molecular flexibility index (Phi) is 4.60. The second-order valence-electron chi connectivity index (χ2n) is 3.43. The maximum Gasteiger partial charge on any atom is 0.404 e. The number of ether oxygens (including phenoxy) is 1. The molecule has 1 aromatic rings. The smallest absolute Gasteiger partial charge is 0.404 e. The number of amides is 1. The molecule has 1 unspecified atom stereocenters. The van der Waals surface area contributed by atoms with Crippen molar-refractivity contribution in [3.63, 3.8) is 0 Å². The van der Waals surface area contributed by atoms with Crippen LogP contribution >= 0.6 is 0 Å². The monoisotopic (exact) mass is 224 g/mol. The lowest BCUT2D eigenvalue weighted by molar-refractivity contribution is 0.156. The van der Waals surface area contributed by atoms with Gasteiger partial charge in [0.25, 0.3) is 0 Å². The first-order chi connectivity index (χ1) is 7.59. The molecule has 0 bridgehead atoms. The Hall–Kier alpha value is -1.75. The number of primary amides is 1. The zero-order valence-corrected chi connectivity index (χ0v) is 9.14. The molecule has 5 nitrogen and oxygen atoms in total. The van der Waals surface area contributed by atoms with Gasteiger partial charge in [-0.1, -0.05) is 12.1 Å². The SMILES string of the molecule is CC(NCCOC(N)=O)c1ccc(O)cc1. The van der Waals surface area contributed by atoms with Crippen LogP contribution in [0.15, 0.2) is 24.3 Å². The van der Waals surface area contributed by atoms with Crippen LogP contribution in [-0.2, 0) is 4.74 Å². The van der Waals surface area contributed by atoms with Crippen LogP contribution in [0.4, 0.5) is 4.79 Å². The van der Waals surface area contributed by atoms with E-state index in [-0.39, 0.29) is 18.4 Å². The third-order valence-corrected chi connectivity index (χ3v) is 2.19. The predicted molar refractivity (Wildman–Crippen MR) is 60.1 cm³/mol. The molecule has 1 amide bonds. The number of hydrogen-bond donors (Lipinski definition) is 3. The first kappa shape index (κ1) is 12.3. The summed E-state index contributed by atoms with van der Waals surface area (Å²) in [5.74, 6) is 0.244. The van der Waals surface area contributed by atoms with Gasteiger partial charge in [0.1, 0.15) is 12.4 Å². The van der Waals surface area contributed by atoms with E-state index in [2.05, 4.69) is 10.1 Å². The van der Waals surface area contributed by atoms with E-state index in [1.807, 2.05) is 19.1 Å². The Labute approximate surface area is 94.2 Å². The number of nitrogens with one attached hydrogen (secondary N) is 1. The maximum atomic E-state index is 10.3. The highest BCUT2D eigenvalue weighted by Gasteiger charge is 2.04. The standard InChI is InChI=1S/C11H16N2O3/c1-8(13-6-7-16-11(12)15)9-2-4-10(14)5-3-9/h2-5,8,13-14H,6-7H2,1H3,(H2,12,15). The number of carbonyl (C=O) groups excluding carboxylic acids is 1. The lowest BCUT2D eigenvalue weighted by atomic mass is 10.1. The summed E-state index contributed by atoms with van der Waals surface area (Å²) in [7, 11) is 0. The molecule has 0 aliphatic carbocycles. The Morgan fingerprint density at radius 1 is 1.50 bits per heavy atom. The number of hydrogen-bond acceptors (Lipinski definition) is 4. The fourth-order valence-corrected chi connectivity index (χ4v) is 1.31. The summed E-state index contributed by atoms with van der Waals surface area (Å²) in [4.78, 5) is 10.3. The lowest BCUT2D eigenvalue weighted by Gasteiger charge is -2.13. The summed E-state index contributed by atoms with van der Waals surface area (Å²) in [6.07, 6.45) is -0.765. The molecule has 0 saturated carbocycles. The highest BCUT2D eigenvalue weighted by Crippen LogP contribution is 2.15. The summed E-state index contributed by atoms with van der Waals surface area (Å²) in [6.45, 7) is 2.76. The van der Waals surface area contributed by atoms with E-state index in [0.717, 1.165) is 5.56 Å². The van der Waals surface area contributed by atoms with Crippen molar-refractivity contribution in [3.8, 4) is 5.75 Å². The lowest BCUT2D eigenvalue weighted by Crippen LogP contribution is -2.25. The first-order valence-corrected chi connectivity index (χ1v) is 5.04. The van der Waals surface area contributed by atoms with Crippen molar-refractivity contribution in [2.75, 3.05) is 13.2 Å². The van der Waals surface area contributed by atoms with Gasteiger partial charge in [-0.3, -0.25) is 0 Å². The number of nitrogens with two attached hydrogens (primary N) is 1. The Morgan fingerprint density at radius 3 is 2.69 bits per heavy atom. The molecular formula is C11H16N2O3. The molecule has 0 aromatic heterocycles. The second-order valence-corrected chi connectivity index (χ2v) is 3.43. The zero-order chi connectivity index (χ0) is 12.0. The summed E-state index contributed by atoms with van der Waals surface area (Å²) >= 11 is 0. The van der Waals surface area contributed by atoms with Crippen LogP contribution in [0.25, 0.3) is 0 Å². The Morgan fingerprint density at radius 2 is 2.12 bits per heavy atom. The molecule has 1 rings (SSSR count). The van der Waals surface area contributed by atoms with Crippen molar-refractivity contribution in [1.82, 2.24) is 5.32 Å². The highest BCUT2D eigenvalue weighted by molar-refractivity contribution is 5.64. The maximum absolute atomic E-state index is 10.3. The number of carbonyl (C=O) groups is 1. The van der Waals surface area contributed by atoms with Crippen LogP contribution in [0, 0.1) is 0 Å². The Bertz CT molecular complexity index is 338. The van der Waals surface area contributed by atoms with Gasteiger partial charge in [0.15, 0.2) is 0 Å². The van der Waals surface area contributed by atoms with Gasteiger partial charge in [-0.05, 0) is 24.6 Å². The molecule has 0 saturated heterocycles. The van der Waals surface area contributed by atoms with E-state index in [1.54, 1.807) is 12.1 Å². The molecule has 0 heterocycles. The van der Waals surface area contributed by atoms with Crippen molar-refractivity contribution in [2.24, 2.45) is 5.73 Å². The van der Waals surface area contributed by atoms with Crippen molar-refractivity contribution < 1.29 is 14.6 Å². The van der Waals surface area contributed by atoms with Crippen LogP contribution in [0.3, 0.4) is 0 Å². The van der Waals surface area contributed by atoms with E-state index in [0.29, 0.717) is 6.54 Å². The molecule has 0 spiro atoms. The van der Waals surface area contributed by atoms with E-state index < -0.39 is 6.09 Å². The summed E-state index contributed by atoms with van der Waals surface area (Å²) in [6, 6.07) is 7.06. The molecular weight excluding hydrogens is 208 g/mol. The van der Waals surface area contributed by atoms with Crippen molar-refractivity contribution in [3.05, 3.63) is 29.8 Å². The molecule has 16 heavy (non-hydrogen) atoms. The fraction of sp³-hybridized carbons (Fsp3) is 0.364. The highest BCUT2D eigenvalue weighted by atomic mass is 16.5. The number of phenolic OH excluding ortho intramolecular Hbond substituents is 1. The van der Waals surface area contributed by atoms with Gasteiger partial charge in [-0.15, -0.1) is 0 Å². The van der Waals surface area contributed by atoms with Crippen LogP contribution < -0.4 is 11.1 Å². The average Bonchev–Trinajstić information content (AvgIpc) is 2.25. The minimum absolute atomic E-state index is 0.122. The second kappa shape index (κ2) is 5.97. The third-order valence-electron chi connectivity index (χ3n) is 2.19. The number of aromatic hydroxyl groups is 1. The summed E-state index contributed by atoms with van der Waals surface area (Å²) in [5.41, 5.74) is 5.87. The topological polar surface area (TPSA) is 84.6 Å². The Balaban J connectivity index is 2.32. The van der Waals surface area contributed by atoms with Gasteiger partial charge in [-0.25, -0.2) is 4.79 Å². The predicted octanol–water partition coefficient (Wildman–Crippen LogP) is 1.14. The molecule has 0 radical (unpaired) electrons. The van der Waals surface area contributed by atoms with Crippen molar-refractivity contribution in [2.45, 2.75) is 13.0 Å². The summed E-state index contributed by atoms with van der Waals surface area (Å²) < 4.78 is 4.58. The molecule has 1 atom stereocenters. The summed E-state index contributed by atoms with van der Waals surface area (Å²) in [5, 5.41) is 12.3. The number of phenols is 1. The van der Waals surface area contributed by atoms with Gasteiger partial charge in [0.05, 0.1) is 0 Å². The first-order valence-electron chi connectivity index (χ1n) is 5.04. The van der Waals surface area contributed by atoms with E-state index in [4.69, 9.17) is 10.8 Å². The van der Waals surface area contributed by atoms with Gasteiger partial charge < -0.3 is 20.9 Å². The van der Waals surface area contributed by atoms with E-state index in [1.165, 1.54) is 0 Å². The minimum Gasteiger partial charge on any atom is -0.508 e. The molecule has 5 heteroatoms. The molecule has 88 valence electrons. The average molecular weight is 224 g/mol. The van der Waals surface area contributed by atoms with Crippen LogP contribution in [0.2, 0.25) is 0 Å². The third kappa shape index (κ3) is 4.18. The normalized spacial score (nSPS) is 12.1. The molecule has 0 aliphatic heterocycles. The number of benzene rings is 1. The van der Waals surface area contributed by atoms with Crippen molar-refractivity contribution >= 4 is 6.09 Å². The molecule has 1 aromatic carbocycles. The molecule has 0 fully saturated rings. The largest absolute Gasteiger partial charge is 0.508 e. The fourth-order valence-electron chi connectivity index (χ4n) is 1.31. The van der Waals surface area contributed by atoms with Gasteiger partial charge in [-0.2, -0.15) is 0 Å².